The van der Waals surface area contributed by atoms with E-state index in [0.29, 0.717) is 19.6 Å². The van der Waals surface area contributed by atoms with Crippen molar-refractivity contribution in [1.29, 1.82) is 0 Å². The van der Waals surface area contributed by atoms with Crippen LogP contribution in [-0.4, -0.2) is 36.5 Å². The SMILES string of the molecule is NCc1ccccc1N(CCO)CCO. The number of rotatable bonds is 6. The molecule has 0 fully saturated rings. The second-order valence-corrected chi connectivity index (χ2v) is 3.27. The van der Waals surface area contributed by atoms with Gasteiger partial charge in [-0.05, 0) is 11.6 Å². The van der Waals surface area contributed by atoms with Gasteiger partial charge in [0.15, 0.2) is 0 Å². The molecule has 0 aliphatic carbocycles. The maximum atomic E-state index is 8.93. The fourth-order valence-corrected chi connectivity index (χ4v) is 1.59. The van der Waals surface area contributed by atoms with Crippen molar-refractivity contribution >= 4 is 5.69 Å². The van der Waals surface area contributed by atoms with Crippen LogP contribution in [0.25, 0.3) is 0 Å². The van der Waals surface area contributed by atoms with Gasteiger partial charge in [0, 0.05) is 25.3 Å². The molecule has 1 aromatic rings. The van der Waals surface area contributed by atoms with Gasteiger partial charge in [-0.25, -0.2) is 0 Å². The van der Waals surface area contributed by atoms with E-state index in [1.165, 1.54) is 0 Å². The topological polar surface area (TPSA) is 69.7 Å². The number of benzene rings is 1. The lowest BCUT2D eigenvalue weighted by molar-refractivity contribution is 0.281. The second-order valence-electron chi connectivity index (χ2n) is 3.27. The maximum Gasteiger partial charge on any atom is 0.0606 e. The fourth-order valence-electron chi connectivity index (χ4n) is 1.59. The molecule has 0 saturated carbocycles. The van der Waals surface area contributed by atoms with Crippen LogP contribution in [0.4, 0.5) is 5.69 Å². The molecule has 0 bridgehead atoms. The van der Waals surface area contributed by atoms with Crippen LogP contribution in [0, 0.1) is 0 Å². The summed E-state index contributed by atoms with van der Waals surface area (Å²) in [5, 5.41) is 17.9. The standard InChI is InChI=1S/C11H18N2O2/c12-9-10-3-1-2-4-11(10)13(5-7-14)6-8-15/h1-4,14-15H,5-9,12H2. The lowest BCUT2D eigenvalue weighted by Crippen LogP contribution is -2.30. The molecule has 0 radical (unpaired) electrons. The molecule has 0 aromatic heterocycles. The first-order valence-electron chi connectivity index (χ1n) is 5.08. The lowest BCUT2D eigenvalue weighted by Gasteiger charge is -2.25. The van der Waals surface area contributed by atoms with E-state index in [-0.39, 0.29) is 13.2 Å². The molecule has 0 unspecified atom stereocenters. The Hall–Kier alpha value is -1.10. The molecule has 0 heterocycles. The van der Waals surface area contributed by atoms with Crippen molar-refractivity contribution in [3.8, 4) is 0 Å². The predicted molar refractivity (Wildman–Crippen MR) is 60.7 cm³/mol. The van der Waals surface area contributed by atoms with Gasteiger partial charge in [-0.15, -0.1) is 0 Å². The number of para-hydroxylation sites is 1. The number of nitrogens with two attached hydrogens (primary N) is 1. The van der Waals surface area contributed by atoms with Gasteiger partial charge in [-0.1, -0.05) is 18.2 Å². The number of hydrogen-bond donors (Lipinski definition) is 3. The van der Waals surface area contributed by atoms with Crippen molar-refractivity contribution in [2.45, 2.75) is 6.54 Å². The molecule has 1 aromatic carbocycles. The Bertz CT molecular complexity index is 286. The number of nitrogens with zero attached hydrogens (tertiary/aromatic N) is 1. The number of anilines is 1. The van der Waals surface area contributed by atoms with E-state index in [9.17, 15) is 0 Å². The van der Waals surface area contributed by atoms with Gasteiger partial charge in [-0.2, -0.15) is 0 Å². The zero-order valence-corrected chi connectivity index (χ0v) is 8.76. The van der Waals surface area contributed by atoms with Gasteiger partial charge in [-0.3, -0.25) is 0 Å². The molecule has 4 heteroatoms. The summed E-state index contributed by atoms with van der Waals surface area (Å²) < 4.78 is 0. The van der Waals surface area contributed by atoms with E-state index in [2.05, 4.69) is 0 Å². The van der Waals surface area contributed by atoms with Crippen LogP contribution in [0.3, 0.4) is 0 Å². The van der Waals surface area contributed by atoms with Crippen LogP contribution in [-0.2, 0) is 6.54 Å². The highest BCUT2D eigenvalue weighted by Gasteiger charge is 2.08. The lowest BCUT2D eigenvalue weighted by atomic mass is 10.1. The highest BCUT2D eigenvalue weighted by Crippen LogP contribution is 2.19. The van der Waals surface area contributed by atoms with Crippen LogP contribution in [0.2, 0.25) is 0 Å². The van der Waals surface area contributed by atoms with Crippen molar-refractivity contribution in [1.82, 2.24) is 0 Å². The number of aliphatic hydroxyl groups is 2. The van der Waals surface area contributed by atoms with Gasteiger partial charge in [0.05, 0.1) is 13.2 Å². The van der Waals surface area contributed by atoms with E-state index in [0.717, 1.165) is 11.3 Å². The minimum atomic E-state index is 0.0684. The smallest absolute Gasteiger partial charge is 0.0606 e. The third-order valence-electron chi connectivity index (χ3n) is 2.29. The van der Waals surface area contributed by atoms with Crippen LogP contribution >= 0.6 is 0 Å². The van der Waals surface area contributed by atoms with E-state index in [1.807, 2.05) is 29.2 Å². The first-order valence-corrected chi connectivity index (χ1v) is 5.08. The third kappa shape index (κ3) is 3.20. The molecule has 0 amide bonds. The molecule has 4 N–H and O–H groups in total. The molecule has 0 aliphatic rings. The second kappa shape index (κ2) is 6.40. The molecule has 15 heavy (non-hydrogen) atoms. The van der Waals surface area contributed by atoms with Gasteiger partial charge < -0.3 is 20.8 Å². The summed E-state index contributed by atoms with van der Waals surface area (Å²) in [6.45, 7) is 1.62. The molecular formula is C11H18N2O2. The summed E-state index contributed by atoms with van der Waals surface area (Å²) in [7, 11) is 0. The summed E-state index contributed by atoms with van der Waals surface area (Å²) in [6.07, 6.45) is 0. The molecule has 4 nitrogen and oxygen atoms in total. The monoisotopic (exact) mass is 210 g/mol. The van der Waals surface area contributed by atoms with Crippen molar-refractivity contribution in [3.63, 3.8) is 0 Å². The Morgan fingerprint density at radius 3 is 2.20 bits per heavy atom. The fraction of sp³-hybridized carbons (Fsp3) is 0.455. The van der Waals surface area contributed by atoms with E-state index < -0.39 is 0 Å². The van der Waals surface area contributed by atoms with Crippen molar-refractivity contribution in [2.75, 3.05) is 31.2 Å². The Balaban J connectivity index is 2.88. The summed E-state index contributed by atoms with van der Waals surface area (Å²) in [6, 6.07) is 7.77. The first kappa shape index (κ1) is 12.0. The van der Waals surface area contributed by atoms with Crippen LogP contribution < -0.4 is 10.6 Å². The first-order chi connectivity index (χ1) is 7.33. The van der Waals surface area contributed by atoms with Crippen LogP contribution in [0.1, 0.15) is 5.56 Å². The van der Waals surface area contributed by atoms with Crippen LogP contribution in [0.15, 0.2) is 24.3 Å². The quantitative estimate of drug-likeness (QED) is 0.615. The van der Waals surface area contributed by atoms with Gasteiger partial charge >= 0.3 is 0 Å². The highest BCUT2D eigenvalue weighted by molar-refractivity contribution is 5.53. The summed E-state index contributed by atoms with van der Waals surface area (Å²) in [4.78, 5) is 1.93. The maximum absolute atomic E-state index is 8.93. The average Bonchev–Trinajstić information content (AvgIpc) is 2.29. The summed E-state index contributed by atoms with van der Waals surface area (Å²) in [5.41, 5.74) is 7.65. The molecule has 84 valence electrons. The zero-order valence-electron chi connectivity index (χ0n) is 8.76. The normalized spacial score (nSPS) is 10.3. The van der Waals surface area contributed by atoms with E-state index in [4.69, 9.17) is 15.9 Å². The third-order valence-corrected chi connectivity index (χ3v) is 2.29. The van der Waals surface area contributed by atoms with Crippen molar-refractivity contribution < 1.29 is 10.2 Å². The molecule has 0 atom stereocenters. The summed E-state index contributed by atoms with van der Waals surface area (Å²) in [5.74, 6) is 0. The van der Waals surface area contributed by atoms with E-state index in [1.54, 1.807) is 0 Å². The minimum Gasteiger partial charge on any atom is -0.395 e. The highest BCUT2D eigenvalue weighted by atomic mass is 16.3. The average molecular weight is 210 g/mol. The number of aliphatic hydroxyl groups excluding tert-OH is 2. The van der Waals surface area contributed by atoms with E-state index >= 15 is 0 Å². The van der Waals surface area contributed by atoms with Gasteiger partial charge in [0.25, 0.3) is 0 Å². The Labute approximate surface area is 89.9 Å². The predicted octanol–water partition coefficient (Wildman–Crippen LogP) is -0.0637. The Morgan fingerprint density at radius 1 is 1.07 bits per heavy atom. The number of hydrogen-bond acceptors (Lipinski definition) is 4. The molecule has 0 aliphatic heterocycles. The van der Waals surface area contributed by atoms with Crippen LogP contribution in [0.5, 0.6) is 0 Å². The molecule has 0 saturated heterocycles. The zero-order chi connectivity index (χ0) is 11.1. The van der Waals surface area contributed by atoms with Crippen molar-refractivity contribution in [3.05, 3.63) is 29.8 Å². The minimum absolute atomic E-state index is 0.0684. The van der Waals surface area contributed by atoms with Gasteiger partial charge in [0.1, 0.15) is 0 Å². The Morgan fingerprint density at radius 2 is 1.67 bits per heavy atom. The largest absolute Gasteiger partial charge is 0.395 e. The summed E-state index contributed by atoms with van der Waals surface area (Å²) >= 11 is 0. The van der Waals surface area contributed by atoms with Gasteiger partial charge in [0.2, 0.25) is 0 Å². The van der Waals surface area contributed by atoms with Crippen molar-refractivity contribution in [2.24, 2.45) is 5.73 Å². The molecular weight excluding hydrogens is 192 g/mol. The molecule has 1 rings (SSSR count). The molecule has 0 spiro atoms. The Kier molecular flexibility index (Phi) is 5.10.